The molecule has 1 aliphatic heterocycles. The summed E-state index contributed by atoms with van der Waals surface area (Å²) in [5.41, 5.74) is 4.38. The number of benzene rings is 1. The molecular weight excluding hydrogens is 332 g/mol. The van der Waals surface area contributed by atoms with Crippen molar-refractivity contribution in [3.8, 4) is 5.75 Å². The lowest BCUT2D eigenvalue weighted by Crippen LogP contribution is -2.44. The van der Waals surface area contributed by atoms with E-state index in [4.69, 9.17) is 9.47 Å². The second-order valence-corrected chi connectivity index (χ2v) is 5.84. The van der Waals surface area contributed by atoms with Crippen LogP contribution in [0.15, 0.2) is 53.9 Å². The highest BCUT2D eigenvalue weighted by Crippen LogP contribution is 2.21. The van der Waals surface area contributed by atoms with Crippen LogP contribution in [0.25, 0.3) is 0 Å². The fourth-order valence-electron chi connectivity index (χ4n) is 2.86. The zero-order chi connectivity index (χ0) is 18.2. The summed E-state index contributed by atoms with van der Waals surface area (Å²) < 4.78 is 10.6. The van der Waals surface area contributed by atoms with Crippen molar-refractivity contribution in [1.29, 1.82) is 0 Å². The van der Waals surface area contributed by atoms with Gasteiger partial charge in [-0.25, -0.2) is 5.43 Å². The predicted molar refractivity (Wildman–Crippen MR) is 98.1 cm³/mol. The average Bonchev–Trinajstić information content (AvgIpc) is 2.70. The van der Waals surface area contributed by atoms with E-state index in [9.17, 15) is 4.79 Å². The number of aromatic nitrogens is 1. The van der Waals surface area contributed by atoms with Gasteiger partial charge >= 0.3 is 0 Å². The van der Waals surface area contributed by atoms with Crippen LogP contribution in [0.3, 0.4) is 0 Å². The number of carbonyl (C=O) groups excluding carboxylic acids is 1. The molecule has 7 heteroatoms. The fraction of sp³-hybridized carbons (Fsp3) is 0.316. The standard InChI is InChI=1S/C19H22N4O3/c1-25-17-4-2-3-15(13-17)14-21-22-19(24)18(16-5-7-20-8-6-16)23-9-11-26-12-10-23/h2-8,13-14,18H,9-12H2,1H3,(H,22,24)/b21-14-/t18-/m0/s1. The number of hydrazone groups is 1. The first-order valence-corrected chi connectivity index (χ1v) is 8.46. The van der Waals surface area contributed by atoms with E-state index in [1.165, 1.54) is 0 Å². The highest BCUT2D eigenvalue weighted by atomic mass is 16.5. The van der Waals surface area contributed by atoms with Gasteiger partial charge in [0.15, 0.2) is 0 Å². The van der Waals surface area contributed by atoms with Crippen LogP contribution in [0, 0.1) is 0 Å². The number of nitrogens with one attached hydrogen (secondary N) is 1. The summed E-state index contributed by atoms with van der Waals surface area (Å²) in [4.78, 5) is 18.9. The van der Waals surface area contributed by atoms with Crippen molar-refractivity contribution in [3.63, 3.8) is 0 Å². The van der Waals surface area contributed by atoms with Crippen LogP contribution in [0.4, 0.5) is 0 Å². The van der Waals surface area contributed by atoms with Crippen LogP contribution in [-0.2, 0) is 9.53 Å². The third-order valence-corrected chi connectivity index (χ3v) is 4.16. The maximum absolute atomic E-state index is 12.8. The normalized spacial score (nSPS) is 16.3. The van der Waals surface area contributed by atoms with E-state index in [0.717, 1.165) is 16.9 Å². The number of amides is 1. The first-order chi connectivity index (χ1) is 12.8. The van der Waals surface area contributed by atoms with Crippen LogP contribution in [0.2, 0.25) is 0 Å². The topological polar surface area (TPSA) is 76.0 Å². The molecule has 0 spiro atoms. The number of methoxy groups -OCH3 is 1. The molecule has 3 rings (SSSR count). The molecule has 1 saturated heterocycles. The van der Waals surface area contributed by atoms with Gasteiger partial charge < -0.3 is 9.47 Å². The lowest BCUT2D eigenvalue weighted by molar-refractivity contribution is -0.128. The maximum Gasteiger partial charge on any atom is 0.262 e. The number of carbonyl (C=O) groups is 1. The Balaban J connectivity index is 1.71. The Labute approximate surface area is 152 Å². The third kappa shape index (κ3) is 4.65. The van der Waals surface area contributed by atoms with E-state index < -0.39 is 6.04 Å². The first-order valence-electron chi connectivity index (χ1n) is 8.46. The van der Waals surface area contributed by atoms with Gasteiger partial charge in [-0.2, -0.15) is 5.10 Å². The Hall–Kier alpha value is -2.77. The van der Waals surface area contributed by atoms with Crippen LogP contribution < -0.4 is 10.2 Å². The quantitative estimate of drug-likeness (QED) is 0.630. The minimum absolute atomic E-state index is 0.183. The van der Waals surface area contributed by atoms with Crippen LogP contribution in [0.1, 0.15) is 17.2 Å². The molecule has 1 amide bonds. The van der Waals surface area contributed by atoms with Crippen LogP contribution in [0.5, 0.6) is 5.75 Å². The zero-order valence-corrected chi connectivity index (χ0v) is 14.7. The van der Waals surface area contributed by atoms with Gasteiger partial charge in [0.1, 0.15) is 11.8 Å². The zero-order valence-electron chi connectivity index (χ0n) is 14.7. The Kier molecular flexibility index (Phi) is 6.29. The Bertz CT molecular complexity index is 745. The van der Waals surface area contributed by atoms with Gasteiger partial charge in [0.05, 0.1) is 26.5 Å². The molecule has 26 heavy (non-hydrogen) atoms. The van der Waals surface area contributed by atoms with Gasteiger partial charge in [-0.05, 0) is 35.4 Å². The van der Waals surface area contributed by atoms with E-state index in [1.54, 1.807) is 25.7 Å². The molecule has 0 radical (unpaired) electrons. The van der Waals surface area contributed by atoms with Crippen molar-refractivity contribution in [2.45, 2.75) is 6.04 Å². The highest BCUT2D eigenvalue weighted by Gasteiger charge is 2.28. The number of hydrogen-bond acceptors (Lipinski definition) is 6. The fourth-order valence-corrected chi connectivity index (χ4v) is 2.86. The predicted octanol–water partition coefficient (Wildman–Crippen LogP) is 1.61. The number of nitrogens with zero attached hydrogens (tertiary/aromatic N) is 3. The number of hydrogen-bond donors (Lipinski definition) is 1. The summed E-state index contributed by atoms with van der Waals surface area (Å²) in [5.74, 6) is 0.556. The summed E-state index contributed by atoms with van der Waals surface area (Å²) in [7, 11) is 1.61. The molecule has 7 nitrogen and oxygen atoms in total. The SMILES string of the molecule is COc1cccc(/C=N\NC(=O)[C@H](c2ccncc2)N2CCOCC2)c1. The summed E-state index contributed by atoms with van der Waals surface area (Å²) in [6.07, 6.45) is 4.98. The van der Waals surface area contributed by atoms with E-state index in [-0.39, 0.29) is 5.91 Å². The number of rotatable bonds is 6. The van der Waals surface area contributed by atoms with Crippen molar-refractivity contribution < 1.29 is 14.3 Å². The molecule has 1 N–H and O–H groups in total. The molecule has 1 aromatic carbocycles. The lowest BCUT2D eigenvalue weighted by atomic mass is 10.1. The third-order valence-electron chi connectivity index (χ3n) is 4.16. The second kappa shape index (κ2) is 9.07. The van der Waals surface area contributed by atoms with Crippen molar-refractivity contribution in [2.24, 2.45) is 5.10 Å². The molecule has 1 aromatic heterocycles. The van der Waals surface area contributed by atoms with Crippen molar-refractivity contribution in [2.75, 3.05) is 33.4 Å². The van der Waals surface area contributed by atoms with Crippen LogP contribution in [-0.4, -0.2) is 55.4 Å². The smallest absolute Gasteiger partial charge is 0.262 e. The largest absolute Gasteiger partial charge is 0.497 e. The first kappa shape index (κ1) is 18.0. The number of ether oxygens (including phenoxy) is 2. The van der Waals surface area contributed by atoms with Crippen molar-refractivity contribution in [1.82, 2.24) is 15.3 Å². The number of pyridine rings is 1. The summed E-state index contributed by atoms with van der Waals surface area (Å²) in [6.45, 7) is 2.61. The molecule has 0 saturated carbocycles. The summed E-state index contributed by atoms with van der Waals surface area (Å²) in [6, 6.07) is 10.7. The van der Waals surface area contributed by atoms with E-state index in [1.807, 2.05) is 36.4 Å². The molecule has 2 heterocycles. The van der Waals surface area contributed by atoms with Gasteiger partial charge in [-0.15, -0.1) is 0 Å². The summed E-state index contributed by atoms with van der Waals surface area (Å²) >= 11 is 0. The van der Waals surface area contributed by atoms with Gasteiger partial charge in [0.2, 0.25) is 0 Å². The van der Waals surface area contributed by atoms with Crippen molar-refractivity contribution in [3.05, 3.63) is 59.9 Å². The molecule has 1 atom stereocenters. The molecule has 0 unspecified atom stereocenters. The number of morpholine rings is 1. The molecule has 1 fully saturated rings. The van der Waals surface area contributed by atoms with Gasteiger partial charge in [-0.3, -0.25) is 14.7 Å². The monoisotopic (exact) mass is 354 g/mol. The van der Waals surface area contributed by atoms with Gasteiger partial charge in [0.25, 0.3) is 5.91 Å². The Morgan fingerprint density at radius 2 is 2.08 bits per heavy atom. The molecule has 1 aliphatic rings. The lowest BCUT2D eigenvalue weighted by Gasteiger charge is -2.33. The van der Waals surface area contributed by atoms with E-state index in [0.29, 0.717) is 26.3 Å². The van der Waals surface area contributed by atoms with E-state index in [2.05, 4.69) is 20.4 Å². The Morgan fingerprint density at radius 3 is 2.81 bits per heavy atom. The highest BCUT2D eigenvalue weighted by molar-refractivity contribution is 5.86. The second-order valence-electron chi connectivity index (χ2n) is 5.84. The molecule has 2 aromatic rings. The molecule has 0 bridgehead atoms. The molecule has 136 valence electrons. The minimum atomic E-state index is -0.427. The van der Waals surface area contributed by atoms with E-state index >= 15 is 0 Å². The van der Waals surface area contributed by atoms with Gasteiger partial charge in [0, 0.05) is 25.5 Å². The van der Waals surface area contributed by atoms with Crippen molar-refractivity contribution >= 4 is 12.1 Å². The maximum atomic E-state index is 12.8. The van der Waals surface area contributed by atoms with Gasteiger partial charge in [-0.1, -0.05) is 12.1 Å². The average molecular weight is 354 g/mol. The molecule has 0 aliphatic carbocycles. The van der Waals surface area contributed by atoms with Crippen LogP contribution >= 0.6 is 0 Å². The Morgan fingerprint density at radius 1 is 1.31 bits per heavy atom. The molecular formula is C19H22N4O3. The summed E-state index contributed by atoms with van der Waals surface area (Å²) in [5, 5.41) is 4.10. The minimum Gasteiger partial charge on any atom is -0.497 e.